The van der Waals surface area contributed by atoms with Crippen LogP contribution in [0.2, 0.25) is 0 Å². The molecule has 0 saturated carbocycles. The van der Waals surface area contributed by atoms with Crippen molar-refractivity contribution in [2.75, 3.05) is 5.32 Å². The standard InChI is InChI=1S/C19H18N4O2S/c1-12-13(2)26-18(15(12)10-20)22-17(24)8-5-9-23-11-21-16-7-4-3-6-14(16)19(23)25/h3-4,6-7,11H,5,8-9H2,1-2H3,(H,22,24). The van der Waals surface area contributed by atoms with Crippen molar-refractivity contribution in [1.29, 1.82) is 5.26 Å². The summed E-state index contributed by atoms with van der Waals surface area (Å²) in [6, 6.07) is 9.33. The van der Waals surface area contributed by atoms with E-state index in [0.29, 0.717) is 34.4 Å². The van der Waals surface area contributed by atoms with Crippen molar-refractivity contribution in [3.63, 3.8) is 0 Å². The summed E-state index contributed by atoms with van der Waals surface area (Å²) in [5, 5.41) is 13.2. The summed E-state index contributed by atoms with van der Waals surface area (Å²) < 4.78 is 1.52. The largest absolute Gasteiger partial charge is 0.317 e. The van der Waals surface area contributed by atoms with Gasteiger partial charge in [-0.1, -0.05) is 12.1 Å². The van der Waals surface area contributed by atoms with Gasteiger partial charge >= 0.3 is 0 Å². The first-order valence-corrected chi connectivity index (χ1v) is 9.07. The fraction of sp³-hybridized carbons (Fsp3) is 0.263. The normalized spacial score (nSPS) is 10.7. The molecule has 3 rings (SSSR count). The lowest BCUT2D eigenvalue weighted by Gasteiger charge is -2.07. The van der Waals surface area contributed by atoms with E-state index in [1.165, 1.54) is 22.2 Å². The van der Waals surface area contributed by atoms with Gasteiger partial charge in [-0.15, -0.1) is 11.3 Å². The molecule has 1 N–H and O–H groups in total. The van der Waals surface area contributed by atoms with E-state index >= 15 is 0 Å². The second kappa shape index (κ2) is 7.50. The molecule has 26 heavy (non-hydrogen) atoms. The van der Waals surface area contributed by atoms with Gasteiger partial charge < -0.3 is 5.32 Å². The van der Waals surface area contributed by atoms with Crippen LogP contribution >= 0.6 is 11.3 Å². The van der Waals surface area contributed by atoms with Gasteiger partial charge in [-0.3, -0.25) is 14.2 Å². The molecule has 132 valence electrons. The van der Waals surface area contributed by atoms with Crippen molar-refractivity contribution < 1.29 is 4.79 Å². The van der Waals surface area contributed by atoms with Gasteiger partial charge in [0.15, 0.2) is 0 Å². The molecule has 7 heteroatoms. The van der Waals surface area contributed by atoms with Gasteiger partial charge in [0.1, 0.15) is 11.1 Å². The molecule has 0 spiro atoms. The Morgan fingerprint density at radius 1 is 1.35 bits per heavy atom. The Morgan fingerprint density at radius 3 is 2.88 bits per heavy atom. The highest BCUT2D eigenvalue weighted by Gasteiger charge is 2.14. The van der Waals surface area contributed by atoms with E-state index in [4.69, 9.17) is 0 Å². The number of hydrogen-bond acceptors (Lipinski definition) is 5. The number of carbonyl (C=O) groups is 1. The number of hydrogen-bond donors (Lipinski definition) is 1. The maximum Gasteiger partial charge on any atom is 0.261 e. The number of anilines is 1. The fourth-order valence-electron chi connectivity index (χ4n) is 2.71. The minimum atomic E-state index is -0.162. The second-order valence-electron chi connectivity index (χ2n) is 6.01. The van der Waals surface area contributed by atoms with Crippen LogP contribution in [0.4, 0.5) is 5.00 Å². The van der Waals surface area contributed by atoms with Crippen molar-refractivity contribution in [3.05, 3.63) is 57.0 Å². The third kappa shape index (κ3) is 3.51. The Balaban J connectivity index is 1.63. The number of carbonyl (C=O) groups excluding carboxylic acids is 1. The number of aryl methyl sites for hydroxylation is 2. The highest BCUT2D eigenvalue weighted by Crippen LogP contribution is 2.31. The lowest BCUT2D eigenvalue weighted by atomic mass is 10.2. The van der Waals surface area contributed by atoms with Gasteiger partial charge in [0.05, 0.1) is 22.8 Å². The van der Waals surface area contributed by atoms with Crippen molar-refractivity contribution in [3.8, 4) is 6.07 Å². The molecule has 0 fully saturated rings. The quantitative estimate of drug-likeness (QED) is 0.750. The first kappa shape index (κ1) is 17.8. The molecule has 0 unspecified atom stereocenters. The number of amides is 1. The van der Waals surface area contributed by atoms with Crippen LogP contribution in [0, 0.1) is 25.2 Å². The highest BCUT2D eigenvalue weighted by molar-refractivity contribution is 7.16. The van der Waals surface area contributed by atoms with Gasteiger partial charge in [-0.2, -0.15) is 5.26 Å². The van der Waals surface area contributed by atoms with Gasteiger partial charge in [-0.25, -0.2) is 4.98 Å². The van der Waals surface area contributed by atoms with E-state index in [0.717, 1.165) is 10.4 Å². The van der Waals surface area contributed by atoms with E-state index in [1.54, 1.807) is 18.2 Å². The van der Waals surface area contributed by atoms with E-state index in [-0.39, 0.29) is 17.9 Å². The van der Waals surface area contributed by atoms with Crippen molar-refractivity contribution >= 4 is 33.1 Å². The summed E-state index contributed by atoms with van der Waals surface area (Å²) in [5.74, 6) is -0.162. The van der Waals surface area contributed by atoms with Crippen molar-refractivity contribution in [2.24, 2.45) is 0 Å². The molecule has 1 amide bonds. The summed E-state index contributed by atoms with van der Waals surface area (Å²) in [6.45, 7) is 4.21. The lowest BCUT2D eigenvalue weighted by Crippen LogP contribution is -2.21. The SMILES string of the molecule is Cc1sc(NC(=O)CCCn2cnc3ccccc3c2=O)c(C#N)c1C. The Kier molecular flexibility index (Phi) is 5.14. The average molecular weight is 366 g/mol. The molecule has 6 nitrogen and oxygen atoms in total. The molecule has 0 atom stereocenters. The van der Waals surface area contributed by atoms with Gasteiger partial charge in [0, 0.05) is 17.8 Å². The zero-order valence-electron chi connectivity index (χ0n) is 14.6. The van der Waals surface area contributed by atoms with Gasteiger partial charge in [-0.05, 0) is 38.0 Å². The van der Waals surface area contributed by atoms with Gasteiger partial charge in [0.25, 0.3) is 5.56 Å². The number of para-hydroxylation sites is 1. The molecule has 3 aromatic rings. The topological polar surface area (TPSA) is 87.8 Å². The number of rotatable bonds is 5. The van der Waals surface area contributed by atoms with Crippen LogP contribution in [0.5, 0.6) is 0 Å². The van der Waals surface area contributed by atoms with Crippen LogP contribution in [-0.2, 0) is 11.3 Å². The van der Waals surface area contributed by atoms with Crippen molar-refractivity contribution in [2.45, 2.75) is 33.2 Å². The molecule has 0 aliphatic carbocycles. The molecule has 2 heterocycles. The summed E-state index contributed by atoms with van der Waals surface area (Å²) in [7, 11) is 0. The maximum absolute atomic E-state index is 12.4. The second-order valence-corrected chi connectivity index (χ2v) is 7.24. The monoisotopic (exact) mass is 366 g/mol. The number of nitrogens with one attached hydrogen (secondary N) is 1. The molecule has 2 aromatic heterocycles. The minimum absolute atomic E-state index is 0.104. The summed E-state index contributed by atoms with van der Waals surface area (Å²) in [4.78, 5) is 29.9. The predicted molar refractivity (Wildman–Crippen MR) is 102 cm³/mol. The third-order valence-electron chi connectivity index (χ3n) is 4.28. The molecule has 0 radical (unpaired) electrons. The number of nitriles is 1. The van der Waals surface area contributed by atoms with Crippen LogP contribution in [0.15, 0.2) is 35.4 Å². The van der Waals surface area contributed by atoms with Gasteiger partial charge in [0.2, 0.25) is 5.91 Å². The van der Waals surface area contributed by atoms with E-state index in [2.05, 4.69) is 16.4 Å². The number of nitrogens with zero attached hydrogens (tertiary/aromatic N) is 3. The highest BCUT2D eigenvalue weighted by atomic mass is 32.1. The van der Waals surface area contributed by atoms with E-state index < -0.39 is 0 Å². The zero-order valence-corrected chi connectivity index (χ0v) is 15.4. The smallest absolute Gasteiger partial charge is 0.261 e. The molecule has 0 bridgehead atoms. The number of fused-ring (bicyclic) bond motifs is 1. The van der Waals surface area contributed by atoms with E-state index in [9.17, 15) is 14.9 Å². The molecule has 1 aromatic carbocycles. The number of aromatic nitrogens is 2. The predicted octanol–water partition coefficient (Wildman–Crippen LogP) is 3.37. The molecular formula is C19H18N4O2S. The summed E-state index contributed by atoms with van der Waals surface area (Å²) >= 11 is 1.41. The molecule has 0 aliphatic rings. The Labute approximate surface area is 154 Å². The van der Waals surface area contributed by atoms with E-state index in [1.807, 2.05) is 19.9 Å². The van der Waals surface area contributed by atoms with Crippen molar-refractivity contribution in [1.82, 2.24) is 9.55 Å². The molecule has 0 saturated heterocycles. The summed E-state index contributed by atoms with van der Waals surface area (Å²) in [5.41, 5.74) is 1.99. The minimum Gasteiger partial charge on any atom is -0.317 e. The lowest BCUT2D eigenvalue weighted by molar-refractivity contribution is -0.116. The zero-order chi connectivity index (χ0) is 18.7. The van der Waals surface area contributed by atoms with Crippen LogP contribution < -0.4 is 10.9 Å². The Morgan fingerprint density at radius 2 is 2.12 bits per heavy atom. The van der Waals surface area contributed by atoms with Crippen LogP contribution in [0.25, 0.3) is 10.9 Å². The number of benzene rings is 1. The fourth-order valence-corrected chi connectivity index (χ4v) is 3.74. The Bertz CT molecular complexity index is 1080. The first-order chi connectivity index (χ1) is 12.5. The number of thiophene rings is 1. The van der Waals surface area contributed by atoms with Crippen LogP contribution in [-0.4, -0.2) is 15.5 Å². The maximum atomic E-state index is 12.4. The Hall–Kier alpha value is -2.98. The van der Waals surface area contributed by atoms with Crippen LogP contribution in [0.3, 0.4) is 0 Å². The third-order valence-corrected chi connectivity index (χ3v) is 5.41. The summed E-state index contributed by atoms with van der Waals surface area (Å²) in [6.07, 6.45) is 2.29. The first-order valence-electron chi connectivity index (χ1n) is 8.25. The average Bonchev–Trinajstić information content (AvgIpc) is 2.90. The molecule has 0 aliphatic heterocycles. The van der Waals surface area contributed by atoms with Crippen LogP contribution in [0.1, 0.15) is 28.8 Å². The molecular weight excluding hydrogens is 348 g/mol.